The van der Waals surface area contributed by atoms with Crippen LogP contribution in [-0.2, 0) is 6.54 Å². The van der Waals surface area contributed by atoms with Crippen molar-refractivity contribution in [3.8, 4) is 0 Å². The van der Waals surface area contributed by atoms with Crippen LogP contribution in [-0.4, -0.2) is 27.0 Å². The standard InChI is InChI=1S/C12H10ClN3O3/c13-8-3-1-2-7(4-8)5-14-11(17)9-10(12(18)19)16-6-15-9/h1-4,6H,5H2,(H,14,17)(H,15,16)(H,18,19). The first kappa shape index (κ1) is 13.1. The highest BCUT2D eigenvalue weighted by atomic mass is 35.5. The Balaban J connectivity index is 2.05. The molecule has 1 aromatic carbocycles. The fourth-order valence-electron chi connectivity index (χ4n) is 1.54. The van der Waals surface area contributed by atoms with Crippen LogP contribution in [0.15, 0.2) is 30.6 Å². The number of benzene rings is 1. The summed E-state index contributed by atoms with van der Waals surface area (Å²) in [6, 6.07) is 7.00. The van der Waals surface area contributed by atoms with E-state index in [2.05, 4.69) is 15.3 Å². The summed E-state index contributed by atoms with van der Waals surface area (Å²) >= 11 is 5.82. The van der Waals surface area contributed by atoms with Gasteiger partial charge in [0.25, 0.3) is 5.91 Å². The minimum atomic E-state index is -1.23. The maximum Gasteiger partial charge on any atom is 0.354 e. The molecule has 0 saturated carbocycles. The average Bonchev–Trinajstić information content (AvgIpc) is 2.85. The van der Waals surface area contributed by atoms with Gasteiger partial charge in [0.05, 0.1) is 6.33 Å². The Kier molecular flexibility index (Phi) is 3.82. The SMILES string of the molecule is O=C(NCc1cccc(Cl)c1)c1nc[nH]c1C(=O)O. The van der Waals surface area contributed by atoms with E-state index < -0.39 is 11.9 Å². The van der Waals surface area contributed by atoms with Crippen molar-refractivity contribution >= 4 is 23.5 Å². The molecule has 6 nitrogen and oxygen atoms in total. The highest BCUT2D eigenvalue weighted by Crippen LogP contribution is 2.10. The van der Waals surface area contributed by atoms with Gasteiger partial charge >= 0.3 is 5.97 Å². The molecule has 1 aromatic heterocycles. The lowest BCUT2D eigenvalue weighted by atomic mass is 10.2. The van der Waals surface area contributed by atoms with Crippen LogP contribution in [0, 0.1) is 0 Å². The molecule has 0 unspecified atom stereocenters. The lowest BCUT2D eigenvalue weighted by molar-refractivity contribution is 0.0685. The van der Waals surface area contributed by atoms with Crippen molar-refractivity contribution in [1.82, 2.24) is 15.3 Å². The molecule has 2 rings (SSSR count). The quantitative estimate of drug-likeness (QED) is 0.794. The van der Waals surface area contributed by atoms with Gasteiger partial charge in [-0.1, -0.05) is 23.7 Å². The Morgan fingerprint density at radius 3 is 2.89 bits per heavy atom. The Morgan fingerprint density at radius 1 is 1.42 bits per heavy atom. The second-order valence-corrected chi connectivity index (χ2v) is 4.18. The maximum atomic E-state index is 11.8. The van der Waals surface area contributed by atoms with Crippen molar-refractivity contribution < 1.29 is 14.7 Å². The molecule has 0 fully saturated rings. The van der Waals surface area contributed by atoms with Crippen LogP contribution in [0.25, 0.3) is 0 Å². The summed E-state index contributed by atoms with van der Waals surface area (Å²) in [6.07, 6.45) is 1.16. The Hall–Kier alpha value is -2.34. The monoisotopic (exact) mass is 279 g/mol. The molecule has 0 spiro atoms. The fourth-order valence-corrected chi connectivity index (χ4v) is 1.76. The van der Waals surface area contributed by atoms with Crippen molar-refractivity contribution in [2.45, 2.75) is 6.54 Å². The smallest absolute Gasteiger partial charge is 0.354 e. The molecule has 7 heteroatoms. The van der Waals surface area contributed by atoms with Crippen LogP contribution in [0.5, 0.6) is 0 Å². The summed E-state index contributed by atoms with van der Waals surface area (Å²) in [5.74, 6) is -1.79. The zero-order chi connectivity index (χ0) is 13.8. The zero-order valence-corrected chi connectivity index (χ0v) is 10.4. The lowest BCUT2D eigenvalue weighted by Crippen LogP contribution is -2.25. The molecule has 0 saturated heterocycles. The van der Waals surface area contributed by atoms with E-state index in [9.17, 15) is 9.59 Å². The van der Waals surface area contributed by atoms with E-state index in [1.165, 1.54) is 0 Å². The van der Waals surface area contributed by atoms with Crippen LogP contribution >= 0.6 is 11.6 Å². The molecule has 0 bridgehead atoms. The largest absolute Gasteiger partial charge is 0.477 e. The normalized spacial score (nSPS) is 10.2. The molecule has 0 aliphatic heterocycles. The zero-order valence-electron chi connectivity index (χ0n) is 9.68. The van der Waals surface area contributed by atoms with Gasteiger partial charge in [0.2, 0.25) is 0 Å². The van der Waals surface area contributed by atoms with E-state index in [0.717, 1.165) is 11.9 Å². The predicted molar refractivity (Wildman–Crippen MR) is 68.2 cm³/mol. The van der Waals surface area contributed by atoms with Crippen LogP contribution in [0.4, 0.5) is 0 Å². The number of rotatable bonds is 4. The number of carbonyl (C=O) groups is 2. The lowest BCUT2D eigenvalue weighted by Gasteiger charge is -2.04. The molecular weight excluding hydrogens is 270 g/mol. The third-order valence-electron chi connectivity index (χ3n) is 2.41. The minimum absolute atomic E-state index is 0.144. The highest BCUT2D eigenvalue weighted by Gasteiger charge is 2.19. The second kappa shape index (κ2) is 5.53. The molecule has 0 aliphatic carbocycles. The minimum Gasteiger partial charge on any atom is -0.477 e. The summed E-state index contributed by atoms with van der Waals surface area (Å²) < 4.78 is 0. The van der Waals surface area contributed by atoms with Crippen LogP contribution in [0.1, 0.15) is 26.5 Å². The maximum absolute atomic E-state index is 11.8. The van der Waals surface area contributed by atoms with Crippen LogP contribution in [0.3, 0.4) is 0 Å². The van der Waals surface area contributed by atoms with Crippen LogP contribution < -0.4 is 5.32 Å². The Morgan fingerprint density at radius 2 is 2.21 bits per heavy atom. The summed E-state index contributed by atoms with van der Waals surface area (Å²) in [5, 5.41) is 12.0. The number of aromatic carboxylic acids is 1. The van der Waals surface area contributed by atoms with Gasteiger partial charge in [0.1, 0.15) is 0 Å². The predicted octanol–water partition coefficient (Wildman–Crippen LogP) is 1.69. The molecule has 1 heterocycles. The number of aromatic amines is 1. The molecule has 98 valence electrons. The summed E-state index contributed by atoms with van der Waals surface area (Å²) in [4.78, 5) is 28.7. The van der Waals surface area contributed by atoms with Crippen molar-refractivity contribution in [1.29, 1.82) is 0 Å². The van der Waals surface area contributed by atoms with Crippen LogP contribution in [0.2, 0.25) is 5.02 Å². The number of nitrogens with zero attached hydrogens (tertiary/aromatic N) is 1. The molecule has 1 amide bonds. The second-order valence-electron chi connectivity index (χ2n) is 3.74. The van der Waals surface area contributed by atoms with Crippen molar-refractivity contribution in [2.75, 3.05) is 0 Å². The third kappa shape index (κ3) is 3.11. The molecule has 0 atom stereocenters. The van der Waals surface area contributed by atoms with Gasteiger partial charge in [-0.15, -0.1) is 0 Å². The number of amides is 1. The average molecular weight is 280 g/mol. The van der Waals surface area contributed by atoms with Crippen molar-refractivity contribution in [2.24, 2.45) is 0 Å². The van der Waals surface area contributed by atoms with Crippen molar-refractivity contribution in [3.63, 3.8) is 0 Å². The highest BCUT2D eigenvalue weighted by molar-refractivity contribution is 6.30. The molecule has 3 N–H and O–H groups in total. The number of carbonyl (C=O) groups excluding carboxylic acids is 1. The van der Waals surface area contributed by atoms with E-state index in [1.807, 2.05) is 0 Å². The molecule has 0 radical (unpaired) electrons. The number of hydrogen-bond acceptors (Lipinski definition) is 3. The van der Waals surface area contributed by atoms with Gasteiger partial charge in [-0.25, -0.2) is 9.78 Å². The van der Waals surface area contributed by atoms with Gasteiger partial charge < -0.3 is 15.4 Å². The molecule has 0 aliphatic rings. The number of hydrogen-bond donors (Lipinski definition) is 3. The number of H-pyrrole nitrogens is 1. The number of aromatic nitrogens is 2. The molecule has 19 heavy (non-hydrogen) atoms. The fraction of sp³-hybridized carbons (Fsp3) is 0.0833. The Bertz CT molecular complexity index is 624. The first-order valence-corrected chi connectivity index (χ1v) is 5.75. The van der Waals surface area contributed by atoms with Gasteiger partial charge in [0.15, 0.2) is 11.4 Å². The number of carboxylic acid groups (broad SMARTS) is 1. The number of carboxylic acids is 1. The number of imidazole rings is 1. The van der Waals surface area contributed by atoms with E-state index in [-0.39, 0.29) is 17.9 Å². The summed E-state index contributed by atoms with van der Waals surface area (Å²) in [7, 11) is 0. The summed E-state index contributed by atoms with van der Waals surface area (Å²) in [5.41, 5.74) is 0.436. The summed E-state index contributed by atoms with van der Waals surface area (Å²) in [6.45, 7) is 0.241. The first-order chi connectivity index (χ1) is 9.08. The van der Waals surface area contributed by atoms with E-state index in [0.29, 0.717) is 5.02 Å². The number of nitrogens with one attached hydrogen (secondary N) is 2. The third-order valence-corrected chi connectivity index (χ3v) is 2.65. The van der Waals surface area contributed by atoms with Crippen molar-refractivity contribution in [3.05, 3.63) is 52.6 Å². The van der Waals surface area contributed by atoms with Gasteiger partial charge in [-0.3, -0.25) is 4.79 Å². The van der Waals surface area contributed by atoms with E-state index in [1.54, 1.807) is 24.3 Å². The Labute approximate surface area is 113 Å². The molecule has 2 aromatic rings. The van der Waals surface area contributed by atoms with E-state index in [4.69, 9.17) is 16.7 Å². The first-order valence-electron chi connectivity index (χ1n) is 5.37. The molecular formula is C12H10ClN3O3. The van der Waals surface area contributed by atoms with E-state index >= 15 is 0 Å². The number of halogens is 1. The van der Waals surface area contributed by atoms with Gasteiger partial charge in [-0.2, -0.15) is 0 Å². The van der Waals surface area contributed by atoms with Gasteiger partial charge in [-0.05, 0) is 17.7 Å². The topological polar surface area (TPSA) is 95.1 Å². The van der Waals surface area contributed by atoms with Gasteiger partial charge in [0, 0.05) is 11.6 Å².